The highest BCUT2D eigenvalue weighted by Gasteiger charge is 2.12. The molecule has 0 saturated carbocycles. The van der Waals surface area contributed by atoms with Crippen molar-refractivity contribution in [1.82, 2.24) is 0 Å². The zero-order chi connectivity index (χ0) is 18.5. The van der Waals surface area contributed by atoms with Crippen LogP contribution in [0.5, 0.6) is 0 Å². The number of allylic oxidation sites excluding steroid dienone is 2. The van der Waals surface area contributed by atoms with Crippen molar-refractivity contribution >= 4 is 23.4 Å². The van der Waals surface area contributed by atoms with Gasteiger partial charge in [-0.1, -0.05) is 41.5 Å². The summed E-state index contributed by atoms with van der Waals surface area (Å²) < 4.78 is 4.61. The number of hydrogen-bond donors (Lipinski definition) is 2. The number of rotatable bonds is 11. The monoisotopic (exact) mass is 362 g/mol. The SMILES string of the molecule is COC(=O)C(N)CSCC=C(C)CCC=C(C)CNc1ccccc1. The molecule has 3 N–H and O–H groups in total. The molecule has 0 radical (unpaired) electrons. The van der Waals surface area contributed by atoms with Crippen molar-refractivity contribution in [1.29, 1.82) is 0 Å². The lowest BCUT2D eigenvalue weighted by molar-refractivity contribution is -0.141. The van der Waals surface area contributed by atoms with Crippen molar-refractivity contribution in [2.75, 3.05) is 30.5 Å². The van der Waals surface area contributed by atoms with Crippen molar-refractivity contribution < 1.29 is 9.53 Å². The van der Waals surface area contributed by atoms with E-state index in [0.29, 0.717) is 5.75 Å². The Morgan fingerprint density at radius 3 is 2.64 bits per heavy atom. The van der Waals surface area contributed by atoms with Crippen molar-refractivity contribution in [3.05, 3.63) is 53.6 Å². The van der Waals surface area contributed by atoms with E-state index in [4.69, 9.17) is 5.73 Å². The van der Waals surface area contributed by atoms with Gasteiger partial charge in [-0.25, -0.2) is 0 Å². The summed E-state index contributed by atoms with van der Waals surface area (Å²) in [6, 6.07) is 9.70. The van der Waals surface area contributed by atoms with Gasteiger partial charge < -0.3 is 15.8 Å². The number of hydrogen-bond acceptors (Lipinski definition) is 5. The summed E-state index contributed by atoms with van der Waals surface area (Å²) in [5, 5.41) is 3.41. The summed E-state index contributed by atoms with van der Waals surface area (Å²) >= 11 is 1.65. The molecular formula is C20H30N2O2S. The highest BCUT2D eigenvalue weighted by molar-refractivity contribution is 7.99. The predicted octanol–water partition coefficient (Wildman–Crippen LogP) is 4.00. The summed E-state index contributed by atoms with van der Waals surface area (Å²) in [7, 11) is 1.36. The molecule has 0 spiro atoms. The second-order valence-electron chi connectivity index (χ2n) is 6.03. The third-order valence-corrected chi connectivity index (χ3v) is 4.72. The van der Waals surface area contributed by atoms with Gasteiger partial charge in [-0.15, -0.1) is 0 Å². The van der Waals surface area contributed by atoms with Crippen LogP contribution in [-0.4, -0.2) is 37.2 Å². The average molecular weight is 363 g/mol. The van der Waals surface area contributed by atoms with Crippen LogP contribution in [0.15, 0.2) is 53.6 Å². The van der Waals surface area contributed by atoms with Crippen LogP contribution in [-0.2, 0) is 9.53 Å². The molecule has 1 atom stereocenters. The first-order chi connectivity index (χ1) is 12.0. The van der Waals surface area contributed by atoms with Crippen LogP contribution < -0.4 is 11.1 Å². The molecule has 25 heavy (non-hydrogen) atoms. The third kappa shape index (κ3) is 9.99. The van der Waals surface area contributed by atoms with Gasteiger partial charge in [0.15, 0.2) is 0 Å². The van der Waals surface area contributed by atoms with E-state index in [1.807, 2.05) is 18.2 Å². The van der Waals surface area contributed by atoms with Gasteiger partial charge >= 0.3 is 5.97 Å². The molecular weight excluding hydrogens is 332 g/mol. The number of methoxy groups -OCH3 is 1. The van der Waals surface area contributed by atoms with Crippen LogP contribution in [0.25, 0.3) is 0 Å². The number of benzene rings is 1. The quantitative estimate of drug-likeness (QED) is 0.354. The van der Waals surface area contributed by atoms with Gasteiger partial charge in [0.2, 0.25) is 0 Å². The Labute approximate surface area is 155 Å². The molecule has 1 aromatic rings. The van der Waals surface area contributed by atoms with Gasteiger partial charge in [-0.05, 0) is 38.8 Å². The first-order valence-corrected chi connectivity index (χ1v) is 9.69. The molecule has 5 heteroatoms. The number of nitrogens with two attached hydrogens (primary N) is 1. The standard InChI is InChI=1S/C20H30N2O2S/c1-16(12-13-25-15-19(21)20(23)24-3)8-7-9-17(2)14-22-18-10-5-4-6-11-18/h4-6,9-12,19,22H,7-8,13-15,21H2,1-3H3. The maximum atomic E-state index is 11.2. The van der Waals surface area contributed by atoms with Gasteiger partial charge in [0, 0.05) is 23.7 Å². The van der Waals surface area contributed by atoms with E-state index in [2.05, 4.69) is 48.2 Å². The molecule has 0 aliphatic rings. The number of para-hydroxylation sites is 1. The molecule has 0 aromatic heterocycles. The normalized spacial score (nSPS) is 13.4. The van der Waals surface area contributed by atoms with Crippen molar-refractivity contribution in [2.24, 2.45) is 5.73 Å². The van der Waals surface area contributed by atoms with Crippen molar-refractivity contribution in [3.8, 4) is 0 Å². The number of anilines is 1. The number of esters is 1. The van der Waals surface area contributed by atoms with E-state index in [-0.39, 0.29) is 5.97 Å². The zero-order valence-corrected chi connectivity index (χ0v) is 16.3. The van der Waals surface area contributed by atoms with Gasteiger partial charge in [-0.3, -0.25) is 4.79 Å². The minimum absolute atomic E-state index is 0.349. The van der Waals surface area contributed by atoms with Gasteiger partial charge in [0.05, 0.1) is 7.11 Å². The molecule has 1 aromatic carbocycles. The molecule has 1 unspecified atom stereocenters. The molecule has 0 bridgehead atoms. The summed E-state index contributed by atoms with van der Waals surface area (Å²) in [6.45, 7) is 5.17. The zero-order valence-electron chi connectivity index (χ0n) is 15.5. The summed E-state index contributed by atoms with van der Waals surface area (Å²) in [5.41, 5.74) is 9.55. The van der Waals surface area contributed by atoms with Crippen LogP contribution in [0.3, 0.4) is 0 Å². The fourth-order valence-corrected chi connectivity index (χ4v) is 3.06. The van der Waals surface area contributed by atoms with Gasteiger partial charge in [-0.2, -0.15) is 11.8 Å². The lowest BCUT2D eigenvalue weighted by Gasteiger charge is -2.08. The van der Waals surface area contributed by atoms with Crippen molar-refractivity contribution in [3.63, 3.8) is 0 Å². The first kappa shape index (κ1) is 21.3. The van der Waals surface area contributed by atoms with E-state index in [0.717, 1.165) is 30.8 Å². The number of ether oxygens (including phenoxy) is 1. The molecule has 0 aliphatic heterocycles. The van der Waals surface area contributed by atoms with Crippen LogP contribution in [0.2, 0.25) is 0 Å². The minimum Gasteiger partial charge on any atom is -0.468 e. The number of nitrogens with one attached hydrogen (secondary N) is 1. The van der Waals surface area contributed by atoms with Crippen LogP contribution in [0, 0.1) is 0 Å². The fourth-order valence-electron chi connectivity index (χ4n) is 2.13. The van der Waals surface area contributed by atoms with Crippen LogP contribution in [0.4, 0.5) is 5.69 Å². The fraction of sp³-hybridized carbons (Fsp3) is 0.450. The summed E-state index contributed by atoms with van der Waals surface area (Å²) in [6.07, 6.45) is 6.58. The Balaban J connectivity index is 2.19. The van der Waals surface area contributed by atoms with E-state index in [9.17, 15) is 4.79 Å². The molecule has 0 saturated heterocycles. The van der Waals surface area contributed by atoms with Crippen molar-refractivity contribution in [2.45, 2.75) is 32.7 Å². The second-order valence-corrected chi connectivity index (χ2v) is 7.10. The maximum absolute atomic E-state index is 11.2. The summed E-state index contributed by atoms with van der Waals surface area (Å²) in [4.78, 5) is 11.2. The molecule has 138 valence electrons. The van der Waals surface area contributed by atoms with E-state index in [1.165, 1.54) is 18.3 Å². The predicted molar refractivity (Wildman–Crippen MR) is 109 cm³/mol. The molecule has 0 heterocycles. The largest absolute Gasteiger partial charge is 0.468 e. The smallest absolute Gasteiger partial charge is 0.323 e. The highest BCUT2D eigenvalue weighted by atomic mass is 32.2. The Kier molecular flexibility index (Phi) is 10.8. The maximum Gasteiger partial charge on any atom is 0.323 e. The van der Waals surface area contributed by atoms with Crippen LogP contribution >= 0.6 is 11.8 Å². The highest BCUT2D eigenvalue weighted by Crippen LogP contribution is 2.11. The second kappa shape index (κ2) is 12.6. The molecule has 1 rings (SSSR count). The first-order valence-electron chi connectivity index (χ1n) is 8.54. The van der Waals surface area contributed by atoms with Gasteiger partial charge in [0.1, 0.15) is 6.04 Å². The van der Waals surface area contributed by atoms with Crippen LogP contribution in [0.1, 0.15) is 26.7 Å². The average Bonchev–Trinajstić information content (AvgIpc) is 2.63. The Hall–Kier alpha value is -1.72. The van der Waals surface area contributed by atoms with E-state index >= 15 is 0 Å². The Morgan fingerprint density at radius 2 is 1.96 bits per heavy atom. The topological polar surface area (TPSA) is 64.3 Å². The van der Waals surface area contributed by atoms with E-state index in [1.54, 1.807) is 11.8 Å². The molecule has 0 amide bonds. The molecule has 4 nitrogen and oxygen atoms in total. The van der Waals surface area contributed by atoms with Gasteiger partial charge in [0.25, 0.3) is 0 Å². The number of thioether (sulfide) groups is 1. The number of carbonyl (C=O) groups excluding carboxylic acids is 1. The lowest BCUT2D eigenvalue weighted by atomic mass is 10.1. The Bertz CT molecular complexity index is 570. The minimum atomic E-state index is -0.536. The molecule has 0 fully saturated rings. The summed E-state index contributed by atoms with van der Waals surface area (Å²) in [5.74, 6) is 1.10. The lowest BCUT2D eigenvalue weighted by Crippen LogP contribution is -2.33. The molecule has 0 aliphatic carbocycles. The Morgan fingerprint density at radius 1 is 1.24 bits per heavy atom. The van der Waals surface area contributed by atoms with E-state index < -0.39 is 6.04 Å². The third-order valence-electron chi connectivity index (χ3n) is 3.73. The number of carbonyl (C=O) groups is 1.